The minimum absolute atomic E-state index is 0.282. The summed E-state index contributed by atoms with van der Waals surface area (Å²) in [5.74, 6) is 1.11. The summed E-state index contributed by atoms with van der Waals surface area (Å²) < 4.78 is 5.13. The van der Waals surface area contributed by atoms with Crippen LogP contribution in [0.2, 0.25) is 0 Å². The van der Waals surface area contributed by atoms with E-state index < -0.39 is 0 Å². The molecule has 2 aromatic rings. The van der Waals surface area contributed by atoms with E-state index in [2.05, 4.69) is 20.6 Å². The Hall–Kier alpha value is -2.63. The Morgan fingerprint density at radius 3 is 2.74 bits per heavy atom. The minimum Gasteiger partial charge on any atom is -0.497 e. The van der Waals surface area contributed by atoms with Crippen molar-refractivity contribution >= 4 is 17.4 Å². The first kappa shape index (κ1) is 15.3. The maximum Gasteiger partial charge on any atom is 0.275 e. The summed E-state index contributed by atoms with van der Waals surface area (Å²) in [7, 11) is 1.59. The number of ether oxygens (including phenoxy) is 1. The van der Waals surface area contributed by atoms with Crippen LogP contribution in [0.3, 0.4) is 0 Å². The van der Waals surface area contributed by atoms with E-state index in [4.69, 9.17) is 4.74 Å². The highest BCUT2D eigenvalue weighted by Crippen LogP contribution is 2.21. The quantitative estimate of drug-likeness (QED) is 0.887. The smallest absolute Gasteiger partial charge is 0.275 e. The molecular weight excluding hydrogens is 292 g/mol. The van der Waals surface area contributed by atoms with Crippen LogP contribution in [0.15, 0.2) is 36.7 Å². The molecule has 0 unspecified atom stereocenters. The minimum atomic E-state index is -0.293. The van der Waals surface area contributed by atoms with E-state index in [0.29, 0.717) is 17.5 Å². The summed E-state index contributed by atoms with van der Waals surface area (Å²) in [6.07, 6.45) is 7.95. The second-order valence-corrected chi connectivity index (χ2v) is 5.60. The third kappa shape index (κ3) is 3.97. The number of benzene rings is 1. The highest BCUT2D eigenvalue weighted by molar-refractivity contribution is 6.02. The third-order valence-electron chi connectivity index (χ3n) is 3.92. The van der Waals surface area contributed by atoms with Crippen LogP contribution in [-0.4, -0.2) is 29.0 Å². The fourth-order valence-corrected chi connectivity index (χ4v) is 2.70. The van der Waals surface area contributed by atoms with Crippen molar-refractivity contribution in [3.8, 4) is 5.75 Å². The average Bonchev–Trinajstić information content (AvgIpc) is 3.08. The zero-order valence-electron chi connectivity index (χ0n) is 13.1. The molecule has 6 nitrogen and oxygen atoms in total. The maximum absolute atomic E-state index is 12.2. The standard InChI is InChI=1S/C17H20N4O2/c1-23-14-8-4-7-13(9-14)21-17(22)15-10-19-16(11-18-15)20-12-5-2-3-6-12/h4,7-12H,2-3,5-6H2,1H3,(H,19,20)(H,21,22). The van der Waals surface area contributed by atoms with Crippen molar-refractivity contribution in [2.75, 3.05) is 17.7 Å². The molecule has 120 valence electrons. The molecule has 1 heterocycles. The average molecular weight is 312 g/mol. The van der Waals surface area contributed by atoms with Gasteiger partial charge in [0, 0.05) is 17.8 Å². The Morgan fingerprint density at radius 1 is 1.22 bits per heavy atom. The molecule has 23 heavy (non-hydrogen) atoms. The monoisotopic (exact) mass is 312 g/mol. The van der Waals surface area contributed by atoms with Crippen molar-refractivity contribution in [2.45, 2.75) is 31.7 Å². The Morgan fingerprint density at radius 2 is 2.04 bits per heavy atom. The highest BCUT2D eigenvalue weighted by atomic mass is 16.5. The van der Waals surface area contributed by atoms with Gasteiger partial charge in [-0.15, -0.1) is 0 Å². The summed E-state index contributed by atoms with van der Waals surface area (Å²) in [6, 6.07) is 7.65. The molecular formula is C17H20N4O2. The lowest BCUT2D eigenvalue weighted by molar-refractivity contribution is 0.102. The van der Waals surface area contributed by atoms with Gasteiger partial charge >= 0.3 is 0 Å². The molecule has 1 aliphatic carbocycles. The summed E-state index contributed by atoms with van der Waals surface area (Å²) >= 11 is 0. The molecule has 0 aliphatic heterocycles. The number of methoxy groups -OCH3 is 1. The molecule has 3 rings (SSSR count). The summed E-state index contributed by atoms with van der Waals surface area (Å²) in [5.41, 5.74) is 0.939. The van der Waals surface area contributed by atoms with E-state index in [1.807, 2.05) is 12.1 Å². The van der Waals surface area contributed by atoms with Crippen LogP contribution in [0.25, 0.3) is 0 Å². The van der Waals surface area contributed by atoms with Gasteiger partial charge in [0.2, 0.25) is 0 Å². The summed E-state index contributed by atoms with van der Waals surface area (Å²) in [6.45, 7) is 0. The van der Waals surface area contributed by atoms with E-state index in [0.717, 1.165) is 5.82 Å². The number of nitrogens with zero attached hydrogens (tertiary/aromatic N) is 2. The normalized spacial score (nSPS) is 14.5. The van der Waals surface area contributed by atoms with Crippen molar-refractivity contribution in [3.05, 3.63) is 42.4 Å². The number of anilines is 2. The zero-order valence-corrected chi connectivity index (χ0v) is 13.1. The highest BCUT2D eigenvalue weighted by Gasteiger charge is 2.15. The summed E-state index contributed by atoms with van der Waals surface area (Å²) in [5, 5.41) is 6.13. The van der Waals surface area contributed by atoms with Gasteiger partial charge in [0.15, 0.2) is 0 Å². The molecule has 0 atom stereocenters. The lowest BCUT2D eigenvalue weighted by Crippen LogP contribution is -2.17. The topological polar surface area (TPSA) is 76.1 Å². The fourth-order valence-electron chi connectivity index (χ4n) is 2.70. The maximum atomic E-state index is 12.2. The molecule has 1 aromatic carbocycles. The lowest BCUT2D eigenvalue weighted by atomic mass is 10.2. The zero-order chi connectivity index (χ0) is 16.1. The first-order chi connectivity index (χ1) is 11.2. The van der Waals surface area contributed by atoms with Gasteiger partial charge in [-0.3, -0.25) is 4.79 Å². The number of carbonyl (C=O) groups excluding carboxylic acids is 1. The number of hydrogen-bond acceptors (Lipinski definition) is 5. The molecule has 6 heteroatoms. The van der Waals surface area contributed by atoms with E-state index in [1.54, 1.807) is 25.4 Å². The molecule has 1 aromatic heterocycles. The molecule has 0 bridgehead atoms. The van der Waals surface area contributed by atoms with Crippen LogP contribution in [0.5, 0.6) is 5.75 Å². The second-order valence-electron chi connectivity index (χ2n) is 5.60. The molecule has 0 spiro atoms. The Bertz CT molecular complexity index is 667. The van der Waals surface area contributed by atoms with Gasteiger partial charge in [0.25, 0.3) is 5.91 Å². The number of aromatic nitrogens is 2. The Labute approximate surface area is 135 Å². The third-order valence-corrected chi connectivity index (χ3v) is 3.92. The van der Waals surface area contributed by atoms with E-state index in [1.165, 1.54) is 31.9 Å². The van der Waals surface area contributed by atoms with Crippen LogP contribution < -0.4 is 15.4 Å². The van der Waals surface area contributed by atoms with Crippen LogP contribution in [-0.2, 0) is 0 Å². The Kier molecular flexibility index (Phi) is 4.71. The van der Waals surface area contributed by atoms with Gasteiger partial charge in [-0.1, -0.05) is 18.9 Å². The number of hydrogen-bond donors (Lipinski definition) is 2. The SMILES string of the molecule is COc1cccc(NC(=O)c2cnc(NC3CCCC3)cn2)c1. The lowest BCUT2D eigenvalue weighted by Gasteiger charge is -2.12. The number of nitrogens with one attached hydrogen (secondary N) is 2. The van der Waals surface area contributed by atoms with Gasteiger partial charge in [-0.05, 0) is 25.0 Å². The Balaban J connectivity index is 1.62. The van der Waals surface area contributed by atoms with Gasteiger partial charge in [-0.2, -0.15) is 0 Å². The van der Waals surface area contributed by atoms with Crippen molar-refractivity contribution in [3.63, 3.8) is 0 Å². The molecule has 1 amide bonds. The van der Waals surface area contributed by atoms with Gasteiger partial charge < -0.3 is 15.4 Å². The van der Waals surface area contributed by atoms with E-state index in [9.17, 15) is 4.79 Å². The molecule has 1 aliphatic rings. The summed E-state index contributed by atoms with van der Waals surface area (Å²) in [4.78, 5) is 20.7. The van der Waals surface area contributed by atoms with Crippen LogP contribution in [0.4, 0.5) is 11.5 Å². The number of rotatable bonds is 5. The molecule has 0 saturated heterocycles. The molecule has 1 fully saturated rings. The predicted molar refractivity (Wildman–Crippen MR) is 88.9 cm³/mol. The van der Waals surface area contributed by atoms with Crippen molar-refractivity contribution in [2.24, 2.45) is 0 Å². The molecule has 0 radical (unpaired) electrons. The number of amides is 1. The first-order valence-electron chi connectivity index (χ1n) is 7.78. The van der Waals surface area contributed by atoms with Crippen molar-refractivity contribution in [1.82, 2.24) is 9.97 Å². The molecule has 2 N–H and O–H groups in total. The van der Waals surface area contributed by atoms with E-state index in [-0.39, 0.29) is 11.6 Å². The predicted octanol–water partition coefficient (Wildman–Crippen LogP) is 3.09. The second kappa shape index (κ2) is 7.09. The van der Waals surface area contributed by atoms with Gasteiger partial charge in [0.05, 0.1) is 19.5 Å². The van der Waals surface area contributed by atoms with E-state index >= 15 is 0 Å². The van der Waals surface area contributed by atoms with Gasteiger partial charge in [-0.25, -0.2) is 9.97 Å². The van der Waals surface area contributed by atoms with Gasteiger partial charge in [0.1, 0.15) is 17.3 Å². The van der Waals surface area contributed by atoms with Crippen LogP contribution >= 0.6 is 0 Å². The van der Waals surface area contributed by atoms with Crippen LogP contribution in [0, 0.1) is 0 Å². The molecule has 1 saturated carbocycles. The number of carbonyl (C=O) groups is 1. The van der Waals surface area contributed by atoms with Crippen molar-refractivity contribution < 1.29 is 9.53 Å². The van der Waals surface area contributed by atoms with Crippen molar-refractivity contribution in [1.29, 1.82) is 0 Å². The fraction of sp³-hybridized carbons (Fsp3) is 0.353. The van der Waals surface area contributed by atoms with Crippen LogP contribution in [0.1, 0.15) is 36.2 Å². The first-order valence-corrected chi connectivity index (χ1v) is 7.78. The largest absolute Gasteiger partial charge is 0.497 e.